The van der Waals surface area contributed by atoms with E-state index in [0.717, 1.165) is 4.47 Å². The summed E-state index contributed by atoms with van der Waals surface area (Å²) in [5, 5.41) is 3.65. The lowest BCUT2D eigenvalue weighted by molar-refractivity contribution is 0.493. The van der Waals surface area contributed by atoms with Crippen LogP contribution in [0, 0.1) is 6.92 Å². The maximum atomic E-state index is 3.65. The highest BCUT2D eigenvalue weighted by molar-refractivity contribution is 9.10. The first-order chi connectivity index (χ1) is 9.08. The molecule has 0 bridgehead atoms. The van der Waals surface area contributed by atoms with Crippen LogP contribution in [0.25, 0.3) is 0 Å². The summed E-state index contributed by atoms with van der Waals surface area (Å²) in [5.74, 6) is 0. The van der Waals surface area contributed by atoms with Crippen molar-refractivity contribution in [2.75, 3.05) is 0 Å². The van der Waals surface area contributed by atoms with Crippen LogP contribution in [0.15, 0.2) is 53.0 Å². The summed E-state index contributed by atoms with van der Waals surface area (Å²) >= 11 is 3.61. The van der Waals surface area contributed by atoms with Crippen molar-refractivity contribution in [2.45, 2.75) is 32.9 Å². The zero-order valence-electron chi connectivity index (χ0n) is 11.7. The molecule has 19 heavy (non-hydrogen) atoms. The van der Waals surface area contributed by atoms with Gasteiger partial charge in [-0.1, -0.05) is 64.0 Å². The van der Waals surface area contributed by atoms with Crippen molar-refractivity contribution >= 4 is 15.9 Å². The Kier molecular flexibility index (Phi) is 4.78. The van der Waals surface area contributed by atoms with E-state index in [-0.39, 0.29) is 0 Å². The first-order valence-electron chi connectivity index (χ1n) is 6.65. The summed E-state index contributed by atoms with van der Waals surface area (Å²) in [5.41, 5.74) is 3.93. The van der Waals surface area contributed by atoms with Gasteiger partial charge in [0.05, 0.1) is 0 Å². The van der Waals surface area contributed by atoms with E-state index in [2.05, 4.69) is 84.5 Å². The predicted octanol–water partition coefficient (Wildman–Crippen LogP) is 5.17. The molecule has 2 rings (SSSR count). The van der Waals surface area contributed by atoms with Gasteiger partial charge in [-0.05, 0) is 38.0 Å². The molecule has 2 unspecified atom stereocenters. The molecule has 0 aliphatic heterocycles. The maximum Gasteiger partial charge on any atom is 0.0308 e. The highest BCUT2D eigenvalue weighted by Gasteiger charge is 2.12. The van der Waals surface area contributed by atoms with Crippen molar-refractivity contribution in [3.63, 3.8) is 0 Å². The third-order valence-electron chi connectivity index (χ3n) is 3.41. The van der Waals surface area contributed by atoms with Crippen molar-refractivity contribution in [1.29, 1.82) is 0 Å². The third kappa shape index (κ3) is 3.68. The first kappa shape index (κ1) is 14.3. The van der Waals surface area contributed by atoms with Crippen molar-refractivity contribution in [3.05, 3.63) is 69.7 Å². The van der Waals surface area contributed by atoms with Crippen LogP contribution in [0.4, 0.5) is 0 Å². The number of hydrogen-bond donors (Lipinski definition) is 1. The van der Waals surface area contributed by atoms with Gasteiger partial charge < -0.3 is 5.32 Å². The molecule has 1 N–H and O–H groups in total. The fraction of sp³-hybridized carbons (Fsp3) is 0.294. The molecule has 0 aliphatic rings. The van der Waals surface area contributed by atoms with Crippen molar-refractivity contribution in [1.82, 2.24) is 5.32 Å². The molecule has 0 aromatic heterocycles. The third-order valence-corrected chi connectivity index (χ3v) is 4.14. The minimum atomic E-state index is 0.311. The van der Waals surface area contributed by atoms with Gasteiger partial charge >= 0.3 is 0 Å². The standard InChI is InChI=1S/C17H20BrN/c1-12-7-6-8-15(11-12)13(2)19-14(3)16-9-4-5-10-17(16)18/h4-11,13-14,19H,1-3H3. The number of hydrogen-bond acceptors (Lipinski definition) is 1. The maximum absolute atomic E-state index is 3.65. The second-order valence-electron chi connectivity index (χ2n) is 5.05. The van der Waals surface area contributed by atoms with E-state index in [1.807, 2.05) is 6.07 Å². The van der Waals surface area contributed by atoms with E-state index < -0.39 is 0 Å². The van der Waals surface area contributed by atoms with Crippen LogP contribution in [-0.4, -0.2) is 0 Å². The van der Waals surface area contributed by atoms with Gasteiger partial charge in [-0.2, -0.15) is 0 Å². The largest absolute Gasteiger partial charge is 0.304 e. The van der Waals surface area contributed by atoms with Crippen LogP contribution in [0.1, 0.15) is 42.6 Å². The molecule has 0 spiro atoms. The van der Waals surface area contributed by atoms with Gasteiger partial charge in [0.25, 0.3) is 0 Å². The molecular weight excluding hydrogens is 298 g/mol. The molecule has 0 amide bonds. The molecule has 2 aromatic carbocycles. The Bertz CT molecular complexity index is 550. The molecular formula is C17H20BrN. The van der Waals surface area contributed by atoms with Gasteiger partial charge in [0.1, 0.15) is 0 Å². The Morgan fingerprint density at radius 3 is 2.37 bits per heavy atom. The second-order valence-corrected chi connectivity index (χ2v) is 5.90. The van der Waals surface area contributed by atoms with E-state index in [0.29, 0.717) is 12.1 Å². The number of halogens is 1. The lowest BCUT2D eigenvalue weighted by Crippen LogP contribution is -2.22. The van der Waals surface area contributed by atoms with E-state index in [1.54, 1.807) is 0 Å². The predicted molar refractivity (Wildman–Crippen MR) is 85.3 cm³/mol. The lowest BCUT2D eigenvalue weighted by Gasteiger charge is -2.22. The average Bonchev–Trinajstić information content (AvgIpc) is 2.39. The molecule has 0 fully saturated rings. The van der Waals surface area contributed by atoms with Gasteiger partial charge in [0.15, 0.2) is 0 Å². The molecule has 0 saturated carbocycles. The van der Waals surface area contributed by atoms with Crippen LogP contribution in [-0.2, 0) is 0 Å². The normalized spacial score (nSPS) is 14.1. The van der Waals surface area contributed by atoms with Gasteiger partial charge in [-0.25, -0.2) is 0 Å². The Morgan fingerprint density at radius 2 is 1.68 bits per heavy atom. The number of rotatable bonds is 4. The summed E-state index contributed by atoms with van der Waals surface area (Å²) in [6, 6.07) is 17.7. The quantitative estimate of drug-likeness (QED) is 0.820. The molecule has 2 aromatic rings. The smallest absolute Gasteiger partial charge is 0.0308 e. The Hall–Kier alpha value is -1.12. The fourth-order valence-electron chi connectivity index (χ4n) is 2.33. The molecule has 2 atom stereocenters. The molecule has 0 aliphatic carbocycles. The van der Waals surface area contributed by atoms with Crippen LogP contribution in [0.3, 0.4) is 0 Å². The van der Waals surface area contributed by atoms with Gasteiger partial charge in [-0.3, -0.25) is 0 Å². The molecule has 0 heterocycles. The molecule has 100 valence electrons. The molecule has 2 heteroatoms. The summed E-state index contributed by atoms with van der Waals surface area (Å²) in [6.45, 7) is 6.54. The Morgan fingerprint density at radius 1 is 0.947 bits per heavy atom. The second kappa shape index (κ2) is 6.36. The van der Waals surface area contributed by atoms with Crippen LogP contribution in [0.2, 0.25) is 0 Å². The fourth-order valence-corrected chi connectivity index (χ4v) is 2.95. The topological polar surface area (TPSA) is 12.0 Å². The minimum absolute atomic E-state index is 0.311. The number of aryl methyl sites for hydroxylation is 1. The highest BCUT2D eigenvalue weighted by atomic mass is 79.9. The van der Waals surface area contributed by atoms with E-state index >= 15 is 0 Å². The zero-order chi connectivity index (χ0) is 13.8. The minimum Gasteiger partial charge on any atom is -0.304 e. The summed E-state index contributed by atoms with van der Waals surface area (Å²) in [4.78, 5) is 0. The van der Waals surface area contributed by atoms with Crippen molar-refractivity contribution in [3.8, 4) is 0 Å². The summed E-state index contributed by atoms with van der Waals surface area (Å²) in [6.07, 6.45) is 0. The van der Waals surface area contributed by atoms with Gasteiger partial charge in [0, 0.05) is 16.6 Å². The van der Waals surface area contributed by atoms with Crippen molar-refractivity contribution in [2.24, 2.45) is 0 Å². The van der Waals surface area contributed by atoms with E-state index in [9.17, 15) is 0 Å². The van der Waals surface area contributed by atoms with E-state index in [1.165, 1.54) is 16.7 Å². The number of nitrogens with one attached hydrogen (secondary N) is 1. The lowest BCUT2D eigenvalue weighted by atomic mass is 10.0. The van der Waals surface area contributed by atoms with E-state index in [4.69, 9.17) is 0 Å². The van der Waals surface area contributed by atoms with Crippen LogP contribution >= 0.6 is 15.9 Å². The molecule has 1 nitrogen and oxygen atoms in total. The zero-order valence-corrected chi connectivity index (χ0v) is 13.2. The summed E-state index contributed by atoms with van der Waals surface area (Å²) in [7, 11) is 0. The molecule has 0 saturated heterocycles. The average molecular weight is 318 g/mol. The Balaban J connectivity index is 2.11. The summed E-state index contributed by atoms with van der Waals surface area (Å²) < 4.78 is 1.16. The van der Waals surface area contributed by atoms with Crippen LogP contribution < -0.4 is 5.32 Å². The van der Waals surface area contributed by atoms with Crippen LogP contribution in [0.5, 0.6) is 0 Å². The SMILES string of the molecule is Cc1cccc(C(C)NC(C)c2ccccc2Br)c1. The molecule has 0 radical (unpaired) electrons. The van der Waals surface area contributed by atoms with Gasteiger partial charge in [-0.15, -0.1) is 0 Å². The Labute approximate surface area is 124 Å². The number of benzene rings is 2. The monoisotopic (exact) mass is 317 g/mol. The highest BCUT2D eigenvalue weighted by Crippen LogP contribution is 2.25. The van der Waals surface area contributed by atoms with Crippen molar-refractivity contribution < 1.29 is 0 Å². The first-order valence-corrected chi connectivity index (χ1v) is 7.44. The van der Waals surface area contributed by atoms with Gasteiger partial charge in [0.2, 0.25) is 0 Å².